The fourth-order valence-electron chi connectivity index (χ4n) is 2.63. The zero-order valence-electron chi connectivity index (χ0n) is 11.7. The molecule has 0 radical (unpaired) electrons. The van der Waals surface area contributed by atoms with Gasteiger partial charge in [0.15, 0.2) is 0 Å². The highest BCUT2D eigenvalue weighted by Crippen LogP contribution is 2.36. The number of hydrogen-bond donors (Lipinski definition) is 1. The molecule has 1 aliphatic rings. The van der Waals surface area contributed by atoms with E-state index in [9.17, 15) is 9.90 Å². The molecule has 0 atom stereocenters. The van der Waals surface area contributed by atoms with Gasteiger partial charge in [0.05, 0.1) is 10.7 Å². The topological polar surface area (TPSA) is 55.1 Å². The van der Waals surface area contributed by atoms with Gasteiger partial charge in [0.25, 0.3) is 0 Å². The summed E-state index contributed by atoms with van der Waals surface area (Å²) in [7, 11) is 0. The predicted molar refractivity (Wildman–Crippen MR) is 77.2 cm³/mol. The second-order valence-corrected chi connectivity index (χ2v) is 6.78. The van der Waals surface area contributed by atoms with Crippen LogP contribution in [0.4, 0.5) is 0 Å². The zero-order valence-corrected chi connectivity index (χ0v) is 13.3. The number of aromatic nitrogens is 2. The fraction of sp³-hybridized carbons (Fsp3) is 0.714. The van der Waals surface area contributed by atoms with Gasteiger partial charge in [0.2, 0.25) is 5.78 Å². The first-order chi connectivity index (χ1) is 8.85. The van der Waals surface area contributed by atoms with Gasteiger partial charge >= 0.3 is 0 Å². The molecule has 106 valence electrons. The van der Waals surface area contributed by atoms with Crippen LogP contribution in [0.1, 0.15) is 63.0 Å². The summed E-state index contributed by atoms with van der Waals surface area (Å²) in [6, 6.07) is 0.0939. The number of Topliss-reactive ketones (excluding diaryl/α,β-unsaturated/α-hetero) is 1. The van der Waals surface area contributed by atoms with Crippen molar-refractivity contribution in [3.63, 3.8) is 0 Å². The van der Waals surface area contributed by atoms with Crippen molar-refractivity contribution in [2.75, 3.05) is 0 Å². The van der Waals surface area contributed by atoms with Crippen molar-refractivity contribution >= 4 is 21.7 Å². The molecule has 0 unspecified atom stereocenters. The monoisotopic (exact) mass is 328 g/mol. The average molecular weight is 329 g/mol. The van der Waals surface area contributed by atoms with E-state index in [0.717, 1.165) is 12.8 Å². The average Bonchev–Trinajstić information content (AvgIpc) is 2.74. The molecule has 0 saturated heterocycles. The number of halogens is 1. The van der Waals surface area contributed by atoms with E-state index in [2.05, 4.69) is 28.0 Å². The number of carbonyl (C=O) groups is 1. The Hall–Kier alpha value is -0.680. The minimum atomic E-state index is -1.22. The lowest BCUT2D eigenvalue weighted by molar-refractivity contribution is 0.00318. The molecule has 1 saturated carbocycles. The van der Waals surface area contributed by atoms with Gasteiger partial charge in [-0.25, -0.2) is 0 Å². The molecular formula is C14H21BrN2O2. The van der Waals surface area contributed by atoms with E-state index in [1.165, 1.54) is 0 Å². The molecule has 1 heterocycles. The van der Waals surface area contributed by atoms with Crippen molar-refractivity contribution in [1.82, 2.24) is 9.78 Å². The van der Waals surface area contributed by atoms with E-state index >= 15 is 0 Å². The molecule has 1 N–H and O–H groups in total. The predicted octanol–water partition coefficient (Wildman–Crippen LogP) is 3.35. The normalized spacial score (nSPS) is 27.8. The Kier molecular flexibility index (Phi) is 4.16. The van der Waals surface area contributed by atoms with Crippen LogP contribution >= 0.6 is 15.9 Å². The van der Waals surface area contributed by atoms with Crippen LogP contribution in [-0.4, -0.2) is 26.3 Å². The summed E-state index contributed by atoms with van der Waals surface area (Å²) in [6.07, 6.45) is 4.51. The third-order valence-electron chi connectivity index (χ3n) is 3.98. The fourth-order valence-corrected chi connectivity index (χ4v) is 3.09. The van der Waals surface area contributed by atoms with Gasteiger partial charge in [-0.2, -0.15) is 5.10 Å². The Labute approximate surface area is 122 Å². The summed E-state index contributed by atoms with van der Waals surface area (Å²) >= 11 is 3.37. The Balaban J connectivity index is 2.31. The number of nitrogens with zero attached hydrogens (tertiary/aromatic N) is 2. The molecule has 1 aliphatic carbocycles. The molecule has 4 nitrogen and oxygen atoms in total. The Morgan fingerprint density at radius 1 is 1.53 bits per heavy atom. The molecule has 5 heteroatoms. The summed E-state index contributed by atoms with van der Waals surface area (Å²) in [5, 5.41) is 14.9. The summed E-state index contributed by atoms with van der Waals surface area (Å²) < 4.78 is 2.35. The SMILES string of the molecule is CC1CCC(O)(C(=O)c2c(Br)cnn2C(C)C)CC1. The smallest absolute Gasteiger partial charge is 0.213 e. The lowest BCUT2D eigenvalue weighted by Gasteiger charge is -2.33. The van der Waals surface area contributed by atoms with Crippen LogP contribution in [0, 0.1) is 5.92 Å². The van der Waals surface area contributed by atoms with Crippen molar-refractivity contribution in [2.24, 2.45) is 5.92 Å². The Morgan fingerprint density at radius 3 is 2.63 bits per heavy atom. The van der Waals surface area contributed by atoms with E-state index in [4.69, 9.17) is 0 Å². The third kappa shape index (κ3) is 2.77. The molecule has 2 rings (SSSR count). The highest BCUT2D eigenvalue weighted by atomic mass is 79.9. The Bertz CT molecular complexity index is 474. The number of ketones is 1. The largest absolute Gasteiger partial charge is 0.382 e. The van der Waals surface area contributed by atoms with Gasteiger partial charge in [-0.1, -0.05) is 6.92 Å². The second kappa shape index (κ2) is 5.37. The number of rotatable bonds is 3. The van der Waals surface area contributed by atoms with E-state index in [0.29, 0.717) is 28.9 Å². The molecule has 0 spiro atoms. The van der Waals surface area contributed by atoms with Crippen molar-refractivity contribution in [3.8, 4) is 0 Å². The maximum atomic E-state index is 12.7. The molecule has 1 aromatic rings. The van der Waals surface area contributed by atoms with Crippen LogP contribution < -0.4 is 0 Å². The van der Waals surface area contributed by atoms with E-state index in [-0.39, 0.29) is 11.8 Å². The van der Waals surface area contributed by atoms with Crippen LogP contribution in [0.3, 0.4) is 0 Å². The highest BCUT2D eigenvalue weighted by molar-refractivity contribution is 9.10. The Morgan fingerprint density at radius 2 is 2.11 bits per heavy atom. The molecule has 0 bridgehead atoms. The van der Waals surface area contributed by atoms with Crippen LogP contribution in [0.5, 0.6) is 0 Å². The van der Waals surface area contributed by atoms with Crippen LogP contribution in [0.25, 0.3) is 0 Å². The first-order valence-electron chi connectivity index (χ1n) is 6.85. The molecule has 19 heavy (non-hydrogen) atoms. The van der Waals surface area contributed by atoms with Crippen molar-refractivity contribution < 1.29 is 9.90 Å². The summed E-state index contributed by atoms with van der Waals surface area (Å²) in [4.78, 5) is 12.7. The van der Waals surface area contributed by atoms with Crippen molar-refractivity contribution in [1.29, 1.82) is 0 Å². The van der Waals surface area contributed by atoms with Crippen LogP contribution in [-0.2, 0) is 0 Å². The first kappa shape index (κ1) is 14.7. The standard InChI is InChI=1S/C14H21BrN2O2/c1-9(2)17-12(11(15)8-16-17)13(18)14(19)6-4-10(3)5-7-14/h8-10,19H,4-7H2,1-3H3. The lowest BCUT2D eigenvalue weighted by atomic mass is 9.76. The second-order valence-electron chi connectivity index (χ2n) is 5.92. The highest BCUT2D eigenvalue weighted by Gasteiger charge is 2.41. The van der Waals surface area contributed by atoms with E-state index < -0.39 is 5.60 Å². The molecular weight excluding hydrogens is 308 g/mol. The van der Waals surface area contributed by atoms with Gasteiger partial charge in [-0.3, -0.25) is 9.48 Å². The maximum absolute atomic E-state index is 12.7. The van der Waals surface area contributed by atoms with E-state index in [1.54, 1.807) is 10.9 Å². The molecule has 0 amide bonds. The number of hydrogen-bond acceptors (Lipinski definition) is 3. The summed E-state index contributed by atoms with van der Waals surface area (Å²) in [5.74, 6) is 0.393. The molecule has 0 aliphatic heterocycles. The quantitative estimate of drug-likeness (QED) is 0.865. The zero-order chi connectivity index (χ0) is 14.2. The van der Waals surface area contributed by atoms with Crippen molar-refractivity contribution in [2.45, 2.75) is 58.1 Å². The van der Waals surface area contributed by atoms with Crippen molar-refractivity contribution in [3.05, 3.63) is 16.4 Å². The lowest BCUT2D eigenvalue weighted by Crippen LogP contribution is -2.43. The number of carbonyl (C=O) groups excluding carboxylic acids is 1. The molecule has 1 fully saturated rings. The summed E-state index contributed by atoms with van der Waals surface area (Å²) in [5.41, 5.74) is -0.728. The van der Waals surface area contributed by atoms with Gasteiger partial charge < -0.3 is 5.11 Å². The molecule has 1 aromatic heterocycles. The number of aliphatic hydroxyl groups is 1. The maximum Gasteiger partial charge on any atom is 0.213 e. The molecule has 0 aromatic carbocycles. The van der Waals surface area contributed by atoms with Gasteiger partial charge in [-0.15, -0.1) is 0 Å². The van der Waals surface area contributed by atoms with Gasteiger partial charge in [-0.05, 0) is 61.4 Å². The summed E-state index contributed by atoms with van der Waals surface area (Å²) in [6.45, 7) is 6.12. The first-order valence-corrected chi connectivity index (χ1v) is 7.64. The third-order valence-corrected chi connectivity index (χ3v) is 4.56. The van der Waals surface area contributed by atoms with Crippen LogP contribution in [0.15, 0.2) is 10.7 Å². The van der Waals surface area contributed by atoms with E-state index in [1.807, 2.05) is 13.8 Å². The van der Waals surface area contributed by atoms with Gasteiger partial charge in [0.1, 0.15) is 11.3 Å². The van der Waals surface area contributed by atoms with Gasteiger partial charge in [0, 0.05) is 6.04 Å². The van der Waals surface area contributed by atoms with Crippen LogP contribution in [0.2, 0.25) is 0 Å². The minimum absolute atomic E-state index is 0.0939. The minimum Gasteiger partial charge on any atom is -0.382 e.